The van der Waals surface area contributed by atoms with Crippen molar-refractivity contribution in [3.05, 3.63) is 48.8 Å². The fourth-order valence-corrected chi connectivity index (χ4v) is 2.11. The van der Waals surface area contributed by atoms with Crippen LogP contribution in [0.3, 0.4) is 0 Å². The molecule has 0 saturated carbocycles. The molecule has 100 valence electrons. The summed E-state index contributed by atoms with van der Waals surface area (Å²) in [5.41, 5.74) is 1.32. The highest BCUT2D eigenvalue weighted by molar-refractivity contribution is 5.58. The van der Waals surface area contributed by atoms with Crippen LogP contribution in [-0.4, -0.2) is 25.5 Å². The predicted molar refractivity (Wildman–Crippen MR) is 75.2 cm³/mol. The van der Waals surface area contributed by atoms with Crippen molar-refractivity contribution >= 4 is 11.5 Å². The van der Waals surface area contributed by atoms with E-state index < -0.39 is 0 Å². The lowest BCUT2D eigenvalue weighted by molar-refractivity contribution is 0.660. The van der Waals surface area contributed by atoms with E-state index >= 15 is 0 Å². The van der Waals surface area contributed by atoms with Crippen molar-refractivity contribution in [1.29, 1.82) is 5.26 Å². The molecule has 0 aromatic carbocycles. The molecule has 0 unspecified atom stereocenters. The zero-order valence-electron chi connectivity index (χ0n) is 10.9. The summed E-state index contributed by atoms with van der Waals surface area (Å²) in [7, 11) is 0. The molecule has 1 N–H and O–H groups in total. The van der Waals surface area contributed by atoms with Gasteiger partial charge in [0, 0.05) is 31.7 Å². The topological polar surface area (TPSA) is 70.9 Å². The van der Waals surface area contributed by atoms with Crippen molar-refractivity contribution < 1.29 is 0 Å². The third-order valence-corrected chi connectivity index (χ3v) is 3.08. The number of nitrogens with zero attached hydrogens (tertiary/aromatic N) is 5. The summed E-state index contributed by atoms with van der Waals surface area (Å²) >= 11 is 0. The molecule has 0 aliphatic rings. The lowest BCUT2D eigenvalue weighted by Gasteiger charge is -2.04. The molecule has 20 heavy (non-hydrogen) atoms. The number of rotatable bonds is 5. The lowest BCUT2D eigenvalue weighted by Crippen LogP contribution is -2.07. The van der Waals surface area contributed by atoms with Crippen LogP contribution in [0.2, 0.25) is 0 Å². The number of imidazole rings is 2. The van der Waals surface area contributed by atoms with Crippen molar-refractivity contribution in [1.82, 2.24) is 18.9 Å². The molecule has 3 heterocycles. The summed E-state index contributed by atoms with van der Waals surface area (Å²) in [4.78, 5) is 8.43. The van der Waals surface area contributed by atoms with Crippen LogP contribution < -0.4 is 5.32 Å². The SMILES string of the molecule is N#Cc1c(NCCCn2ccnc2)nc2ccccn12. The third-order valence-electron chi connectivity index (χ3n) is 3.08. The Kier molecular flexibility index (Phi) is 3.33. The fraction of sp³-hybridized carbons (Fsp3) is 0.214. The van der Waals surface area contributed by atoms with Crippen LogP contribution in [-0.2, 0) is 6.54 Å². The van der Waals surface area contributed by atoms with Gasteiger partial charge in [-0.05, 0) is 18.6 Å². The second-order valence-electron chi connectivity index (χ2n) is 4.43. The Bertz CT molecular complexity index is 735. The van der Waals surface area contributed by atoms with Gasteiger partial charge in [0.05, 0.1) is 6.33 Å². The first kappa shape index (κ1) is 12.2. The van der Waals surface area contributed by atoms with Gasteiger partial charge >= 0.3 is 0 Å². The smallest absolute Gasteiger partial charge is 0.168 e. The molecule has 3 rings (SSSR count). The average molecular weight is 266 g/mol. The van der Waals surface area contributed by atoms with E-state index in [0.717, 1.165) is 25.2 Å². The Morgan fingerprint density at radius 3 is 3.05 bits per heavy atom. The van der Waals surface area contributed by atoms with Crippen molar-refractivity contribution in [3.8, 4) is 6.07 Å². The number of anilines is 1. The number of nitriles is 1. The number of fused-ring (bicyclic) bond motifs is 1. The van der Waals surface area contributed by atoms with Gasteiger partial charge in [0.2, 0.25) is 0 Å². The summed E-state index contributed by atoms with van der Waals surface area (Å²) < 4.78 is 3.81. The molecule has 6 heteroatoms. The quantitative estimate of drug-likeness (QED) is 0.716. The zero-order valence-corrected chi connectivity index (χ0v) is 10.9. The normalized spacial score (nSPS) is 10.6. The van der Waals surface area contributed by atoms with Gasteiger partial charge in [0.25, 0.3) is 0 Å². The highest BCUT2D eigenvalue weighted by atomic mass is 15.1. The summed E-state index contributed by atoms with van der Waals surface area (Å²) in [5.74, 6) is 0.643. The molecule has 0 aliphatic carbocycles. The Morgan fingerprint density at radius 2 is 2.25 bits per heavy atom. The summed E-state index contributed by atoms with van der Waals surface area (Å²) in [6.45, 7) is 1.65. The van der Waals surface area contributed by atoms with Gasteiger partial charge in [0.15, 0.2) is 11.5 Å². The van der Waals surface area contributed by atoms with Gasteiger partial charge in [-0.2, -0.15) is 5.26 Å². The summed E-state index contributed by atoms with van der Waals surface area (Å²) in [6, 6.07) is 7.88. The largest absolute Gasteiger partial charge is 0.368 e. The van der Waals surface area contributed by atoms with E-state index in [1.165, 1.54) is 0 Å². The van der Waals surface area contributed by atoms with Gasteiger partial charge in [-0.15, -0.1) is 0 Å². The van der Waals surface area contributed by atoms with Crippen molar-refractivity contribution in [3.63, 3.8) is 0 Å². The molecule has 0 aliphatic heterocycles. The molecule has 0 amide bonds. The number of hydrogen-bond donors (Lipinski definition) is 1. The molecular weight excluding hydrogens is 252 g/mol. The first-order valence-electron chi connectivity index (χ1n) is 6.45. The molecule has 0 fully saturated rings. The van der Waals surface area contributed by atoms with Crippen LogP contribution in [0.4, 0.5) is 5.82 Å². The monoisotopic (exact) mass is 266 g/mol. The molecule has 3 aromatic heterocycles. The van der Waals surface area contributed by atoms with Crippen molar-refractivity contribution in [2.24, 2.45) is 0 Å². The highest BCUT2D eigenvalue weighted by Crippen LogP contribution is 2.16. The minimum absolute atomic E-state index is 0.545. The number of aryl methyl sites for hydroxylation is 1. The zero-order chi connectivity index (χ0) is 13.8. The molecule has 0 atom stereocenters. The summed E-state index contributed by atoms with van der Waals surface area (Å²) in [6.07, 6.45) is 8.28. The van der Waals surface area contributed by atoms with Gasteiger partial charge in [-0.25, -0.2) is 9.97 Å². The molecule has 0 bridgehead atoms. The van der Waals surface area contributed by atoms with Gasteiger partial charge in [-0.1, -0.05) is 6.07 Å². The van der Waals surface area contributed by atoms with Crippen LogP contribution in [0.5, 0.6) is 0 Å². The van der Waals surface area contributed by atoms with Crippen LogP contribution in [0.25, 0.3) is 5.65 Å². The minimum atomic E-state index is 0.545. The number of aromatic nitrogens is 4. The maximum atomic E-state index is 9.25. The number of hydrogen-bond acceptors (Lipinski definition) is 4. The van der Waals surface area contributed by atoms with E-state index in [2.05, 4.69) is 21.4 Å². The van der Waals surface area contributed by atoms with E-state index in [4.69, 9.17) is 0 Å². The summed E-state index contributed by atoms with van der Waals surface area (Å²) in [5, 5.41) is 12.5. The Hall–Kier alpha value is -2.81. The second-order valence-corrected chi connectivity index (χ2v) is 4.43. The molecule has 0 radical (unpaired) electrons. The van der Waals surface area contributed by atoms with Crippen LogP contribution in [0.1, 0.15) is 12.1 Å². The molecule has 0 saturated heterocycles. The van der Waals surface area contributed by atoms with Crippen LogP contribution >= 0.6 is 0 Å². The van der Waals surface area contributed by atoms with Gasteiger partial charge in [-0.3, -0.25) is 4.40 Å². The van der Waals surface area contributed by atoms with Crippen LogP contribution in [0, 0.1) is 11.3 Å². The van der Waals surface area contributed by atoms with Crippen molar-refractivity contribution in [2.75, 3.05) is 11.9 Å². The Morgan fingerprint density at radius 1 is 1.30 bits per heavy atom. The van der Waals surface area contributed by atoms with Gasteiger partial charge in [0.1, 0.15) is 11.7 Å². The molecular formula is C14H14N6. The highest BCUT2D eigenvalue weighted by Gasteiger charge is 2.10. The fourth-order valence-electron chi connectivity index (χ4n) is 2.11. The van der Waals surface area contributed by atoms with Crippen LogP contribution in [0.15, 0.2) is 43.1 Å². The molecule has 6 nitrogen and oxygen atoms in total. The second kappa shape index (κ2) is 5.45. The average Bonchev–Trinajstić information content (AvgIpc) is 3.10. The van der Waals surface area contributed by atoms with E-state index in [0.29, 0.717) is 11.5 Å². The van der Waals surface area contributed by atoms with Gasteiger partial charge < -0.3 is 9.88 Å². The third kappa shape index (κ3) is 2.34. The number of nitrogens with one attached hydrogen (secondary N) is 1. The minimum Gasteiger partial charge on any atom is -0.368 e. The molecule has 0 spiro atoms. The van der Waals surface area contributed by atoms with E-state index in [-0.39, 0.29) is 0 Å². The first-order valence-corrected chi connectivity index (χ1v) is 6.45. The molecule has 3 aromatic rings. The Balaban J connectivity index is 1.67. The maximum absolute atomic E-state index is 9.25. The van der Waals surface area contributed by atoms with E-state index in [1.54, 1.807) is 16.9 Å². The standard InChI is InChI=1S/C14H14N6/c15-10-12-14(18-13-4-1-2-8-20(12)13)17-5-3-7-19-9-6-16-11-19/h1-2,4,6,8-9,11,17H,3,5,7H2. The van der Waals surface area contributed by atoms with E-state index in [1.807, 2.05) is 35.2 Å². The van der Waals surface area contributed by atoms with E-state index in [9.17, 15) is 5.26 Å². The number of pyridine rings is 1. The Labute approximate surface area is 116 Å². The maximum Gasteiger partial charge on any atom is 0.168 e. The predicted octanol–water partition coefficient (Wildman–Crippen LogP) is 1.90. The lowest BCUT2D eigenvalue weighted by atomic mass is 10.4. The first-order chi connectivity index (χ1) is 9.88. The van der Waals surface area contributed by atoms with Crippen molar-refractivity contribution in [2.45, 2.75) is 13.0 Å².